The molecule has 6 heteroatoms. The molecule has 3 heterocycles. The molecule has 3 aromatic heterocycles. The maximum Gasteiger partial charge on any atom is 0.328 e. The largest absolute Gasteiger partial charge is 0.328 e. The minimum Gasteiger partial charge on any atom is -0.290 e. The number of aromatic nitrogens is 4. The molecule has 5 nitrogen and oxygen atoms in total. The molecule has 0 saturated carbocycles. The fourth-order valence-electron chi connectivity index (χ4n) is 2.64. The summed E-state index contributed by atoms with van der Waals surface area (Å²) in [6, 6.07) is 13.6. The maximum atomic E-state index is 13.1. The minimum atomic E-state index is -0.290. The molecule has 0 aliphatic rings. The number of aromatic amines is 1. The van der Waals surface area contributed by atoms with Crippen molar-refractivity contribution in [2.24, 2.45) is 0 Å². The summed E-state index contributed by atoms with van der Waals surface area (Å²) in [5.41, 5.74) is 3.40. The summed E-state index contributed by atoms with van der Waals surface area (Å²) in [4.78, 5) is 23.5. The van der Waals surface area contributed by atoms with Crippen molar-refractivity contribution in [1.29, 1.82) is 0 Å². The third-order valence-corrected chi connectivity index (χ3v) is 3.85. The summed E-state index contributed by atoms with van der Waals surface area (Å²) in [5.74, 6) is -0.290. The minimum absolute atomic E-state index is 0.237. The number of hydrogen-bond donors (Lipinski definition) is 1. The molecule has 0 atom stereocenters. The molecule has 4 aromatic rings. The van der Waals surface area contributed by atoms with Crippen LogP contribution in [0.1, 0.15) is 5.69 Å². The van der Waals surface area contributed by atoms with Gasteiger partial charge in [0.15, 0.2) is 5.65 Å². The van der Waals surface area contributed by atoms with E-state index in [2.05, 4.69) is 15.0 Å². The molecule has 0 unspecified atom stereocenters. The summed E-state index contributed by atoms with van der Waals surface area (Å²) in [6.45, 7) is 0.355. The van der Waals surface area contributed by atoms with Crippen LogP contribution in [0.2, 0.25) is 0 Å². The van der Waals surface area contributed by atoms with Crippen LogP contribution in [0, 0.1) is 5.82 Å². The summed E-state index contributed by atoms with van der Waals surface area (Å²) >= 11 is 0. The molecule has 0 amide bonds. The zero-order valence-corrected chi connectivity index (χ0v) is 12.6. The van der Waals surface area contributed by atoms with Gasteiger partial charge in [-0.05, 0) is 35.9 Å². The van der Waals surface area contributed by atoms with Gasteiger partial charge in [0.05, 0.1) is 17.8 Å². The molecule has 0 radical (unpaired) electrons. The van der Waals surface area contributed by atoms with Crippen LogP contribution in [0.4, 0.5) is 4.39 Å². The lowest BCUT2D eigenvalue weighted by Crippen LogP contribution is -2.17. The highest BCUT2D eigenvalue weighted by molar-refractivity contribution is 5.78. The van der Waals surface area contributed by atoms with Crippen molar-refractivity contribution < 1.29 is 4.39 Å². The van der Waals surface area contributed by atoms with Crippen LogP contribution in [0.25, 0.3) is 22.3 Å². The van der Waals surface area contributed by atoms with Gasteiger partial charge in [0, 0.05) is 18.0 Å². The normalized spacial score (nSPS) is 11.0. The lowest BCUT2D eigenvalue weighted by molar-refractivity contribution is 0.628. The van der Waals surface area contributed by atoms with Gasteiger partial charge in [-0.2, -0.15) is 0 Å². The van der Waals surface area contributed by atoms with Crippen molar-refractivity contribution in [2.75, 3.05) is 0 Å². The van der Waals surface area contributed by atoms with E-state index in [0.29, 0.717) is 17.7 Å². The molecule has 1 aromatic carbocycles. The summed E-state index contributed by atoms with van der Waals surface area (Å²) < 4.78 is 14.7. The molecule has 1 N–H and O–H groups in total. The first kappa shape index (κ1) is 14.3. The van der Waals surface area contributed by atoms with E-state index in [1.165, 1.54) is 12.1 Å². The Morgan fingerprint density at radius 2 is 1.88 bits per heavy atom. The number of rotatable bonds is 3. The molecule has 0 spiro atoms. The molecular weight excluding hydrogens is 307 g/mol. The molecule has 4 rings (SSSR count). The summed E-state index contributed by atoms with van der Waals surface area (Å²) in [6.07, 6.45) is 3.36. The molecule has 0 bridgehead atoms. The van der Waals surface area contributed by atoms with E-state index in [1.807, 2.05) is 24.3 Å². The average molecular weight is 320 g/mol. The predicted molar refractivity (Wildman–Crippen MR) is 89.1 cm³/mol. The second kappa shape index (κ2) is 5.73. The third kappa shape index (κ3) is 2.58. The molecule has 0 saturated heterocycles. The van der Waals surface area contributed by atoms with Gasteiger partial charge in [0.25, 0.3) is 0 Å². The van der Waals surface area contributed by atoms with Crippen molar-refractivity contribution in [1.82, 2.24) is 19.5 Å². The molecule has 24 heavy (non-hydrogen) atoms. The van der Waals surface area contributed by atoms with E-state index >= 15 is 0 Å². The van der Waals surface area contributed by atoms with Crippen LogP contribution < -0.4 is 5.69 Å². The monoisotopic (exact) mass is 320 g/mol. The van der Waals surface area contributed by atoms with E-state index in [4.69, 9.17) is 0 Å². The van der Waals surface area contributed by atoms with Crippen molar-refractivity contribution in [3.8, 4) is 11.1 Å². The smallest absolute Gasteiger partial charge is 0.290 e. The number of nitrogens with zero attached hydrogens (tertiary/aromatic N) is 3. The fourth-order valence-corrected chi connectivity index (χ4v) is 2.64. The Balaban J connectivity index is 1.82. The Labute approximate surface area is 136 Å². The Hall–Kier alpha value is -3.28. The van der Waals surface area contributed by atoms with Gasteiger partial charge < -0.3 is 0 Å². The van der Waals surface area contributed by atoms with Crippen LogP contribution >= 0.6 is 0 Å². The number of nitrogens with one attached hydrogen (secondary N) is 1. The number of hydrogen-bond acceptors (Lipinski definition) is 3. The first-order chi connectivity index (χ1) is 11.7. The van der Waals surface area contributed by atoms with Crippen molar-refractivity contribution in [3.05, 3.63) is 82.9 Å². The molecule has 0 fully saturated rings. The standard InChI is InChI=1S/C18H13FN4O/c19-14-6-4-12(5-7-14)13-9-16-17(21-10-13)22-18(24)23(16)11-15-3-1-2-8-20-15/h1-10H,11H2,(H,21,22,24). The van der Waals surface area contributed by atoms with Crippen molar-refractivity contribution in [3.63, 3.8) is 0 Å². The van der Waals surface area contributed by atoms with Crippen molar-refractivity contribution >= 4 is 11.2 Å². The van der Waals surface area contributed by atoms with E-state index in [0.717, 1.165) is 16.8 Å². The van der Waals surface area contributed by atoms with Gasteiger partial charge >= 0.3 is 5.69 Å². The highest BCUT2D eigenvalue weighted by Crippen LogP contribution is 2.22. The van der Waals surface area contributed by atoms with Gasteiger partial charge in [-0.1, -0.05) is 18.2 Å². The second-order valence-corrected chi connectivity index (χ2v) is 5.44. The summed E-state index contributed by atoms with van der Waals surface area (Å²) in [7, 11) is 0. The molecule has 0 aliphatic heterocycles. The lowest BCUT2D eigenvalue weighted by atomic mass is 10.1. The highest BCUT2D eigenvalue weighted by atomic mass is 19.1. The van der Waals surface area contributed by atoms with Gasteiger partial charge in [0.2, 0.25) is 0 Å². The van der Waals surface area contributed by atoms with Gasteiger partial charge in [-0.25, -0.2) is 14.2 Å². The van der Waals surface area contributed by atoms with Gasteiger partial charge in [0.1, 0.15) is 5.82 Å². The molecule has 118 valence electrons. The lowest BCUT2D eigenvalue weighted by Gasteiger charge is -2.05. The number of imidazole rings is 1. The summed E-state index contributed by atoms with van der Waals surface area (Å²) in [5, 5.41) is 0. The SMILES string of the molecule is O=c1[nH]c2ncc(-c3ccc(F)cc3)cc2n1Cc1ccccn1. The Kier molecular flexibility index (Phi) is 3.42. The number of benzene rings is 1. The zero-order valence-electron chi connectivity index (χ0n) is 12.6. The van der Waals surface area contributed by atoms with Crippen molar-refractivity contribution in [2.45, 2.75) is 6.54 Å². The predicted octanol–water partition coefficient (Wildman–Crippen LogP) is 2.97. The number of halogens is 1. The van der Waals surface area contributed by atoms with Crippen LogP contribution in [0.15, 0.2) is 65.7 Å². The topological polar surface area (TPSA) is 63.6 Å². The van der Waals surface area contributed by atoms with E-state index in [1.54, 1.807) is 29.1 Å². The maximum absolute atomic E-state index is 13.1. The fraction of sp³-hybridized carbons (Fsp3) is 0.0556. The number of H-pyrrole nitrogens is 1. The van der Waals surface area contributed by atoms with Gasteiger partial charge in [-0.3, -0.25) is 14.5 Å². The van der Waals surface area contributed by atoms with Crippen LogP contribution in [-0.4, -0.2) is 19.5 Å². The highest BCUT2D eigenvalue weighted by Gasteiger charge is 2.10. The quantitative estimate of drug-likeness (QED) is 0.631. The third-order valence-electron chi connectivity index (χ3n) is 3.85. The Bertz CT molecular complexity index is 1050. The second-order valence-electron chi connectivity index (χ2n) is 5.44. The number of pyridine rings is 2. The van der Waals surface area contributed by atoms with Crippen LogP contribution in [0.3, 0.4) is 0 Å². The van der Waals surface area contributed by atoms with Gasteiger partial charge in [-0.15, -0.1) is 0 Å². The van der Waals surface area contributed by atoms with E-state index < -0.39 is 0 Å². The molecular formula is C18H13FN4O. The first-order valence-corrected chi connectivity index (χ1v) is 7.45. The Morgan fingerprint density at radius 3 is 2.62 bits per heavy atom. The molecule has 0 aliphatic carbocycles. The Morgan fingerprint density at radius 1 is 1.04 bits per heavy atom. The zero-order chi connectivity index (χ0) is 16.5. The average Bonchev–Trinajstić information content (AvgIpc) is 2.91. The van der Waals surface area contributed by atoms with Crippen LogP contribution in [-0.2, 0) is 6.54 Å². The van der Waals surface area contributed by atoms with Crippen LogP contribution in [0.5, 0.6) is 0 Å². The first-order valence-electron chi connectivity index (χ1n) is 7.45. The van der Waals surface area contributed by atoms with E-state index in [9.17, 15) is 9.18 Å². The van der Waals surface area contributed by atoms with E-state index in [-0.39, 0.29) is 11.5 Å². The number of fused-ring (bicyclic) bond motifs is 1.